The Morgan fingerprint density at radius 2 is 1.25 bits per heavy atom. The van der Waals surface area contributed by atoms with Crippen LogP contribution in [-0.4, -0.2) is 25.7 Å². The molecule has 0 spiro atoms. The number of rotatable bonds is 8. The Hall–Kier alpha value is -6.27. The highest BCUT2D eigenvalue weighted by Gasteiger charge is 2.41. The second-order valence-electron chi connectivity index (χ2n) is 12.1. The van der Waals surface area contributed by atoms with Crippen molar-refractivity contribution in [2.75, 3.05) is 0 Å². The molecule has 2 N–H and O–H groups in total. The van der Waals surface area contributed by atoms with Gasteiger partial charge in [-0.3, -0.25) is 9.78 Å². The fourth-order valence-corrected chi connectivity index (χ4v) is 6.85. The molecule has 0 bridgehead atoms. The van der Waals surface area contributed by atoms with Gasteiger partial charge in [0.15, 0.2) is 0 Å². The quantitative estimate of drug-likeness (QED) is 0.166. The zero-order chi connectivity index (χ0) is 32.5. The van der Waals surface area contributed by atoms with Crippen LogP contribution in [0, 0.1) is 0 Å². The number of H-pyrrole nitrogens is 1. The van der Waals surface area contributed by atoms with Crippen LogP contribution in [0.4, 0.5) is 0 Å². The summed E-state index contributed by atoms with van der Waals surface area (Å²) in [6.07, 6.45) is 3.59. The molecule has 8 rings (SSSR count). The van der Waals surface area contributed by atoms with E-state index in [1.165, 1.54) is 0 Å². The van der Waals surface area contributed by atoms with Crippen LogP contribution in [-0.2, 0) is 5.54 Å². The van der Waals surface area contributed by atoms with Crippen LogP contribution in [0.15, 0.2) is 164 Å². The molecule has 3 heterocycles. The van der Waals surface area contributed by atoms with Gasteiger partial charge in [-0.15, -0.1) is 0 Å². The number of pyridine rings is 1. The smallest absolute Gasteiger partial charge is 0.268 e. The Balaban J connectivity index is 1.39. The molecule has 0 aliphatic rings. The first-order chi connectivity index (χ1) is 23.6. The maximum absolute atomic E-state index is 13.5. The van der Waals surface area contributed by atoms with Gasteiger partial charge in [-0.1, -0.05) is 121 Å². The summed E-state index contributed by atoms with van der Waals surface area (Å²) in [7, 11) is 0. The summed E-state index contributed by atoms with van der Waals surface area (Å²) in [5.74, 6) is -0.158. The van der Waals surface area contributed by atoms with E-state index in [2.05, 4.69) is 105 Å². The van der Waals surface area contributed by atoms with Crippen molar-refractivity contribution in [3.8, 4) is 11.3 Å². The molecule has 6 nitrogen and oxygen atoms in total. The number of carbonyl (C=O) groups excluding carboxylic acids is 1. The highest BCUT2D eigenvalue weighted by molar-refractivity contribution is 6.05. The minimum Gasteiger partial charge on any atom is -0.350 e. The predicted molar refractivity (Wildman–Crippen MR) is 192 cm³/mol. The van der Waals surface area contributed by atoms with Crippen molar-refractivity contribution in [2.24, 2.45) is 0 Å². The standard InChI is InChI=1S/C42H33N5O/c1-29(30-14-6-2-7-15-30)44-41(48)38-27-32-26-36-39(28-37(32)45-38)47(46-40(36)31-22-24-43-25-23-31)42(33-16-8-3-9-17-33,34-18-10-4-11-19-34)35-20-12-5-13-21-35/h2-29,45H,1H3,(H,44,48). The first kappa shape index (κ1) is 29.2. The molecular formula is C42H33N5O. The first-order valence-electron chi connectivity index (χ1n) is 16.1. The number of nitrogens with one attached hydrogen (secondary N) is 2. The number of benzene rings is 5. The van der Waals surface area contributed by atoms with Crippen molar-refractivity contribution in [1.29, 1.82) is 0 Å². The van der Waals surface area contributed by atoms with E-state index in [-0.39, 0.29) is 11.9 Å². The molecule has 0 saturated carbocycles. The van der Waals surface area contributed by atoms with E-state index < -0.39 is 5.54 Å². The van der Waals surface area contributed by atoms with Crippen molar-refractivity contribution < 1.29 is 4.79 Å². The SMILES string of the molecule is CC(NC(=O)c1cc2cc3c(-c4ccncc4)nn(C(c4ccccc4)(c4ccccc4)c4ccccc4)c3cc2[nH]1)c1ccccc1. The Labute approximate surface area is 278 Å². The summed E-state index contributed by atoms with van der Waals surface area (Å²) >= 11 is 0. The van der Waals surface area contributed by atoms with E-state index >= 15 is 0 Å². The Bertz CT molecular complexity index is 2240. The molecule has 6 heteroatoms. The fraction of sp³-hybridized carbons (Fsp3) is 0.0714. The topological polar surface area (TPSA) is 75.6 Å². The zero-order valence-corrected chi connectivity index (χ0v) is 26.4. The van der Waals surface area contributed by atoms with E-state index in [9.17, 15) is 4.79 Å². The minimum atomic E-state index is -0.821. The molecule has 1 unspecified atom stereocenters. The number of aromatic amines is 1. The summed E-state index contributed by atoms with van der Waals surface area (Å²) in [5.41, 5.74) is 7.55. The largest absolute Gasteiger partial charge is 0.350 e. The van der Waals surface area contributed by atoms with E-state index in [1.807, 2.05) is 73.7 Å². The number of hydrogen-bond acceptors (Lipinski definition) is 3. The van der Waals surface area contributed by atoms with Crippen molar-refractivity contribution >= 4 is 27.7 Å². The number of nitrogens with zero attached hydrogens (tertiary/aromatic N) is 3. The van der Waals surface area contributed by atoms with E-state index in [0.29, 0.717) is 5.69 Å². The summed E-state index contributed by atoms with van der Waals surface area (Å²) in [6, 6.07) is 51.6. The Kier molecular flexibility index (Phi) is 7.38. The molecule has 0 aliphatic heterocycles. The lowest BCUT2D eigenvalue weighted by atomic mass is 9.77. The molecule has 0 aliphatic carbocycles. The van der Waals surface area contributed by atoms with Crippen molar-refractivity contribution in [1.82, 2.24) is 25.1 Å². The van der Waals surface area contributed by atoms with Crippen LogP contribution >= 0.6 is 0 Å². The van der Waals surface area contributed by atoms with Crippen LogP contribution in [0.3, 0.4) is 0 Å². The average molecular weight is 624 g/mol. The lowest BCUT2D eigenvalue weighted by molar-refractivity contribution is 0.0935. The molecule has 0 radical (unpaired) electrons. The first-order valence-corrected chi connectivity index (χ1v) is 16.1. The van der Waals surface area contributed by atoms with Gasteiger partial charge in [0.2, 0.25) is 0 Å². The third-order valence-electron chi connectivity index (χ3n) is 9.16. The maximum Gasteiger partial charge on any atom is 0.268 e. The van der Waals surface area contributed by atoms with Gasteiger partial charge in [0.25, 0.3) is 5.91 Å². The van der Waals surface area contributed by atoms with Crippen LogP contribution in [0.1, 0.15) is 45.7 Å². The molecule has 5 aromatic carbocycles. The molecular weight excluding hydrogens is 590 g/mol. The van der Waals surface area contributed by atoms with E-state index in [4.69, 9.17) is 5.10 Å². The third-order valence-corrected chi connectivity index (χ3v) is 9.16. The predicted octanol–water partition coefficient (Wildman–Crippen LogP) is 8.91. The number of hydrogen-bond donors (Lipinski definition) is 2. The summed E-state index contributed by atoms with van der Waals surface area (Å²) < 4.78 is 2.16. The highest BCUT2D eigenvalue weighted by Crippen LogP contribution is 2.44. The zero-order valence-electron chi connectivity index (χ0n) is 26.4. The summed E-state index contributed by atoms with van der Waals surface area (Å²) in [6.45, 7) is 2.00. The third kappa shape index (κ3) is 4.95. The van der Waals surface area contributed by atoms with E-state index in [1.54, 1.807) is 12.4 Å². The lowest BCUT2D eigenvalue weighted by Crippen LogP contribution is -2.38. The molecule has 48 heavy (non-hydrogen) atoms. The van der Waals surface area contributed by atoms with Crippen molar-refractivity contribution in [3.05, 3.63) is 192 Å². The number of carbonyl (C=O) groups is 1. The van der Waals surface area contributed by atoms with Gasteiger partial charge in [-0.05, 0) is 59.5 Å². The van der Waals surface area contributed by atoms with Crippen LogP contribution in [0.25, 0.3) is 33.1 Å². The second-order valence-corrected chi connectivity index (χ2v) is 12.1. The summed E-state index contributed by atoms with van der Waals surface area (Å²) in [4.78, 5) is 21.2. The maximum atomic E-state index is 13.5. The monoisotopic (exact) mass is 623 g/mol. The number of aromatic nitrogens is 4. The van der Waals surface area contributed by atoms with Gasteiger partial charge in [0.05, 0.1) is 11.6 Å². The Morgan fingerprint density at radius 1 is 0.708 bits per heavy atom. The molecule has 3 aromatic heterocycles. The van der Waals surface area contributed by atoms with Gasteiger partial charge in [-0.2, -0.15) is 5.10 Å². The van der Waals surface area contributed by atoms with Gasteiger partial charge < -0.3 is 10.3 Å². The van der Waals surface area contributed by atoms with Gasteiger partial charge >= 0.3 is 0 Å². The molecule has 1 amide bonds. The normalized spacial score (nSPS) is 12.3. The van der Waals surface area contributed by atoms with Gasteiger partial charge in [0, 0.05) is 34.2 Å². The van der Waals surface area contributed by atoms with Crippen molar-refractivity contribution in [3.63, 3.8) is 0 Å². The second kappa shape index (κ2) is 12.2. The minimum absolute atomic E-state index is 0.140. The van der Waals surface area contributed by atoms with Crippen LogP contribution in [0.2, 0.25) is 0 Å². The van der Waals surface area contributed by atoms with Gasteiger partial charge in [-0.25, -0.2) is 4.68 Å². The molecule has 1 atom stereocenters. The lowest BCUT2D eigenvalue weighted by Gasteiger charge is -2.37. The van der Waals surface area contributed by atoms with Crippen LogP contribution < -0.4 is 5.32 Å². The molecule has 0 saturated heterocycles. The highest BCUT2D eigenvalue weighted by atomic mass is 16.1. The van der Waals surface area contributed by atoms with Crippen molar-refractivity contribution in [2.45, 2.75) is 18.5 Å². The number of fused-ring (bicyclic) bond motifs is 2. The van der Waals surface area contributed by atoms with Gasteiger partial charge in [0.1, 0.15) is 16.9 Å². The Morgan fingerprint density at radius 3 is 1.81 bits per heavy atom. The average Bonchev–Trinajstić information content (AvgIpc) is 3.75. The fourth-order valence-electron chi connectivity index (χ4n) is 6.85. The molecule has 0 fully saturated rings. The molecule has 232 valence electrons. The van der Waals surface area contributed by atoms with Crippen LogP contribution in [0.5, 0.6) is 0 Å². The molecule has 8 aromatic rings. The number of amides is 1. The van der Waals surface area contributed by atoms with E-state index in [0.717, 1.165) is 55.3 Å². The summed E-state index contributed by atoms with van der Waals surface area (Å²) in [5, 5.41) is 10.5.